The summed E-state index contributed by atoms with van der Waals surface area (Å²) in [6, 6.07) is 30.9. The molecule has 0 bridgehead atoms. The molecule has 1 aliphatic heterocycles. The number of hydrogen-bond donors (Lipinski definition) is 0. The van der Waals surface area contributed by atoms with Crippen LogP contribution in [0.25, 0.3) is 32.7 Å². The minimum atomic E-state index is -3.58. The SMILES string of the molecule is CN1c2c(cc(-c3ccc4cc(S(=O)(=O)c5ccccc5)ccc4c3)c3ccccc23)N=C2C=CC=CC21. The van der Waals surface area contributed by atoms with Crippen LogP contribution < -0.4 is 4.90 Å². The van der Waals surface area contributed by atoms with Crippen LogP contribution in [0.15, 0.2) is 136 Å². The number of aliphatic imine (C=N–C) groups is 1. The second-order valence-electron chi connectivity index (χ2n) is 9.71. The van der Waals surface area contributed by atoms with Gasteiger partial charge in [0.2, 0.25) is 9.84 Å². The van der Waals surface area contributed by atoms with Gasteiger partial charge in [-0.1, -0.05) is 78.9 Å². The highest BCUT2D eigenvalue weighted by atomic mass is 32.2. The van der Waals surface area contributed by atoms with Gasteiger partial charge < -0.3 is 4.90 Å². The van der Waals surface area contributed by atoms with Crippen molar-refractivity contribution in [1.29, 1.82) is 0 Å². The van der Waals surface area contributed by atoms with Crippen molar-refractivity contribution in [3.63, 3.8) is 0 Å². The molecule has 5 aromatic carbocycles. The van der Waals surface area contributed by atoms with Crippen molar-refractivity contribution in [3.05, 3.63) is 121 Å². The fourth-order valence-corrected chi connectivity index (χ4v) is 6.88. The van der Waals surface area contributed by atoms with Crippen LogP contribution in [0, 0.1) is 0 Å². The van der Waals surface area contributed by atoms with Crippen LogP contribution >= 0.6 is 0 Å². The fraction of sp³-hybridized carbons (Fsp3) is 0.0606. The van der Waals surface area contributed by atoms with E-state index in [1.165, 1.54) is 0 Å². The number of allylic oxidation sites excluding steroid dienone is 2. The highest BCUT2D eigenvalue weighted by molar-refractivity contribution is 7.91. The molecule has 7 rings (SSSR count). The van der Waals surface area contributed by atoms with Gasteiger partial charge in [-0.2, -0.15) is 0 Å². The molecule has 0 spiro atoms. The lowest BCUT2D eigenvalue weighted by Gasteiger charge is -2.35. The molecule has 184 valence electrons. The molecule has 5 heteroatoms. The zero-order valence-corrected chi connectivity index (χ0v) is 21.6. The summed E-state index contributed by atoms with van der Waals surface area (Å²) >= 11 is 0. The van der Waals surface area contributed by atoms with Gasteiger partial charge in [0.15, 0.2) is 0 Å². The van der Waals surface area contributed by atoms with E-state index < -0.39 is 9.84 Å². The molecule has 38 heavy (non-hydrogen) atoms. The van der Waals surface area contributed by atoms with Crippen LogP contribution in [0.5, 0.6) is 0 Å². The first-order valence-electron chi connectivity index (χ1n) is 12.6. The van der Waals surface area contributed by atoms with E-state index >= 15 is 0 Å². The quantitative estimate of drug-likeness (QED) is 0.251. The maximum absolute atomic E-state index is 13.2. The molecule has 0 saturated heterocycles. The number of anilines is 1. The first-order valence-corrected chi connectivity index (χ1v) is 14.1. The normalized spacial score (nSPS) is 16.4. The van der Waals surface area contributed by atoms with Crippen LogP contribution in [0.3, 0.4) is 0 Å². The molecule has 1 aliphatic carbocycles. The lowest BCUT2D eigenvalue weighted by atomic mass is 9.92. The Hall–Kier alpha value is -4.48. The molecule has 5 aromatic rings. The van der Waals surface area contributed by atoms with Crippen molar-refractivity contribution < 1.29 is 8.42 Å². The standard InChI is InChI=1S/C33H24N2O2S/c1-35-32-14-8-7-13-30(32)34-31-21-29(27-11-5-6-12-28(27)33(31)35)24-16-15-23-20-26(18-17-22(23)19-24)38(36,37)25-9-3-2-4-10-25/h2-21,32H,1H3. The number of fused-ring (bicyclic) bond motifs is 5. The summed E-state index contributed by atoms with van der Waals surface area (Å²) in [7, 11) is -1.45. The van der Waals surface area contributed by atoms with E-state index in [-0.39, 0.29) is 6.04 Å². The molecule has 0 N–H and O–H groups in total. The minimum Gasteiger partial charge on any atom is -0.360 e. The minimum absolute atomic E-state index is 0.129. The van der Waals surface area contributed by atoms with Crippen LogP contribution in [0.4, 0.5) is 11.4 Å². The number of nitrogens with zero attached hydrogens (tertiary/aromatic N) is 2. The first-order chi connectivity index (χ1) is 18.5. The van der Waals surface area contributed by atoms with Crippen molar-refractivity contribution in [2.75, 3.05) is 11.9 Å². The molecule has 2 aliphatic rings. The Bertz CT molecular complexity index is 1950. The van der Waals surface area contributed by atoms with Gasteiger partial charge in [-0.3, -0.25) is 0 Å². The largest absolute Gasteiger partial charge is 0.360 e. The molecule has 1 atom stereocenters. The summed E-state index contributed by atoms with van der Waals surface area (Å²) in [6.07, 6.45) is 8.37. The summed E-state index contributed by atoms with van der Waals surface area (Å²) in [5.74, 6) is 0. The van der Waals surface area contributed by atoms with Crippen LogP contribution in [0.1, 0.15) is 0 Å². The van der Waals surface area contributed by atoms with E-state index in [4.69, 9.17) is 4.99 Å². The molecular weight excluding hydrogens is 488 g/mol. The van der Waals surface area contributed by atoms with Gasteiger partial charge >= 0.3 is 0 Å². The summed E-state index contributed by atoms with van der Waals surface area (Å²) in [6.45, 7) is 0. The summed E-state index contributed by atoms with van der Waals surface area (Å²) < 4.78 is 26.3. The predicted molar refractivity (Wildman–Crippen MR) is 156 cm³/mol. The van der Waals surface area contributed by atoms with Crippen molar-refractivity contribution in [2.45, 2.75) is 15.8 Å². The maximum atomic E-state index is 13.2. The predicted octanol–water partition coefficient (Wildman–Crippen LogP) is 7.51. The number of rotatable bonds is 3. The highest BCUT2D eigenvalue weighted by Crippen LogP contribution is 2.45. The Morgan fingerprint density at radius 1 is 0.737 bits per heavy atom. The van der Waals surface area contributed by atoms with Gasteiger partial charge in [0.25, 0.3) is 0 Å². The summed E-state index contributed by atoms with van der Waals surface area (Å²) in [4.78, 5) is 7.96. The Kier molecular flexibility index (Phi) is 5.10. The smallest absolute Gasteiger partial charge is 0.206 e. The van der Waals surface area contributed by atoms with E-state index in [1.807, 2.05) is 24.3 Å². The van der Waals surface area contributed by atoms with E-state index in [1.54, 1.807) is 36.4 Å². The Balaban J connectivity index is 1.37. The molecule has 0 radical (unpaired) electrons. The molecule has 1 heterocycles. The van der Waals surface area contributed by atoms with E-state index in [0.29, 0.717) is 9.79 Å². The average Bonchev–Trinajstić information content (AvgIpc) is 2.96. The van der Waals surface area contributed by atoms with Crippen LogP contribution in [0.2, 0.25) is 0 Å². The molecule has 4 nitrogen and oxygen atoms in total. The molecule has 0 aromatic heterocycles. The second-order valence-corrected chi connectivity index (χ2v) is 11.7. The van der Waals surface area contributed by atoms with Gasteiger partial charge in [0.1, 0.15) is 0 Å². The third-order valence-corrected chi connectivity index (χ3v) is 9.24. The summed E-state index contributed by atoms with van der Waals surface area (Å²) in [5, 5.41) is 4.20. The van der Waals surface area contributed by atoms with Gasteiger partial charge in [-0.25, -0.2) is 13.4 Å². The van der Waals surface area contributed by atoms with E-state index in [2.05, 4.69) is 72.6 Å². The summed E-state index contributed by atoms with van der Waals surface area (Å²) in [5.41, 5.74) is 5.30. The Morgan fingerprint density at radius 2 is 1.47 bits per heavy atom. The second kappa shape index (κ2) is 8.54. The molecular formula is C33H24N2O2S. The van der Waals surface area contributed by atoms with E-state index in [0.717, 1.165) is 49.8 Å². The van der Waals surface area contributed by atoms with Crippen molar-refractivity contribution in [3.8, 4) is 11.1 Å². The van der Waals surface area contributed by atoms with Gasteiger partial charge in [0.05, 0.1) is 32.9 Å². The van der Waals surface area contributed by atoms with E-state index in [9.17, 15) is 8.42 Å². The number of benzene rings is 5. The van der Waals surface area contributed by atoms with Crippen LogP contribution in [-0.2, 0) is 9.84 Å². The molecule has 0 saturated carbocycles. The maximum Gasteiger partial charge on any atom is 0.206 e. The Labute approximate surface area is 221 Å². The highest BCUT2D eigenvalue weighted by Gasteiger charge is 2.28. The average molecular weight is 513 g/mol. The lowest BCUT2D eigenvalue weighted by molar-refractivity contribution is 0.596. The number of likely N-dealkylation sites (N-methyl/N-ethyl adjacent to an activating group) is 1. The van der Waals surface area contributed by atoms with Gasteiger partial charge in [-0.05, 0) is 69.8 Å². The van der Waals surface area contributed by atoms with Crippen molar-refractivity contribution in [2.24, 2.45) is 4.99 Å². The molecule has 1 unspecified atom stereocenters. The number of sulfone groups is 1. The topological polar surface area (TPSA) is 49.7 Å². The molecule has 0 amide bonds. The third-order valence-electron chi connectivity index (χ3n) is 7.48. The zero-order chi connectivity index (χ0) is 25.9. The van der Waals surface area contributed by atoms with Crippen LogP contribution in [-0.4, -0.2) is 27.2 Å². The van der Waals surface area contributed by atoms with Gasteiger partial charge in [-0.15, -0.1) is 0 Å². The monoisotopic (exact) mass is 512 g/mol. The fourth-order valence-electron chi connectivity index (χ4n) is 5.56. The molecule has 0 fully saturated rings. The Morgan fingerprint density at radius 3 is 2.32 bits per heavy atom. The zero-order valence-electron chi connectivity index (χ0n) is 20.7. The first kappa shape index (κ1) is 22.7. The van der Waals surface area contributed by atoms with Gasteiger partial charge in [0, 0.05) is 12.4 Å². The third kappa shape index (κ3) is 3.51. The van der Waals surface area contributed by atoms with Crippen molar-refractivity contribution >= 4 is 48.5 Å². The lowest BCUT2D eigenvalue weighted by Crippen LogP contribution is -2.39. The van der Waals surface area contributed by atoms with Crippen molar-refractivity contribution in [1.82, 2.24) is 0 Å². The number of hydrogen-bond acceptors (Lipinski definition) is 4.